The molecule has 3 N–H and O–H groups in total. The van der Waals surface area contributed by atoms with Crippen molar-refractivity contribution in [3.8, 4) is 0 Å². The number of aryl methyl sites for hydroxylation is 2. The number of anilines is 1. The van der Waals surface area contributed by atoms with E-state index >= 15 is 0 Å². The highest BCUT2D eigenvalue weighted by atomic mass is 16.6. The molecule has 7 nitrogen and oxygen atoms in total. The van der Waals surface area contributed by atoms with Crippen LogP contribution in [0.1, 0.15) is 36.6 Å². The summed E-state index contributed by atoms with van der Waals surface area (Å²) in [7, 11) is 0. The first-order chi connectivity index (χ1) is 12.5. The summed E-state index contributed by atoms with van der Waals surface area (Å²) >= 11 is 0. The summed E-state index contributed by atoms with van der Waals surface area (Å²) in [6, 6.07) is 4.11. The fourth-order valence-electron chi connectivity index (χ4n) is 4.00. The van der Waals surface area contributed by atoms with Crippen LogP contribution in [0.4, 0.5) is 5.95 Å². The molecule has 0 spiro atoms. The molecule has 4 atom stereocenters. The lowest BCUT2D eigenvalue weighted by Gasteiger charge is -2.30. The van der Waals surface area contributed by atoms with Crippen molar-refractivity contribution in [2.24, 2.45) is 0 Å². The third-order valence-electron chi connectivity index (χ3n) is 5.70. The number of hydrogen-bond acceptors (Lipinski definition) is 6. The van der Waals surface area contributed by atoms with Crippen LogP contribution in [-0.4, -0.2) is 62.9 Å². The van der Waals surface area contributed by atoms with Gasteiger partial charge < -0.3 is 25.0 Å². The molecular weight excluding hydrogens is 334 g/mol. The van der Waals surface area contributed by atoms with E-state index < -0.39 is 24.5 Å². The third-order valence-corrected chi connectivity index (χ3v) is 5.70. The van der Waals surface area contributed by atoms with Crippen LogP contribution >= 0.6 is 0 Å². The van der Waals surface area contributed by atoms with Gasteiger partial charge in [-0.05, 0) is 56.4 Å². The van der Waals surface area contributed by atoms with Crippen molar-refractivity contribution in [1.82, 2.24) is 9.55 Å². The molecule has 0 radical (unpaired) electrons. The normalized spacial score (nSPS) is 29.7. The van der Waals surface area contributed by atoms with Gasteiger partial charge in [-0.2, -0.15) is 0 Å². The number of imidazole rings is 1. The first kappa shape index (κ1) is 17.7. The molecule has 0 bridgehead atoms. The Balaban J connectivity index is 1.86. The van der Waals surface area contributed by atoms with Gasteiger partial charge in [-0.15, -0.1) is 0 Å². The fraction of sp³-hybridized carbons (Fsp3) is 0.632. The van der Waals surface area contributed by atoms with Crippen LogP contribution in [0.2, 0.25) is 0 Å². The predicted octanol–water partition coefficient (Wildman–Crippen LogP) is 1.25. The first-order valence-electron chi connectivity index (χ1n) is 9.38. The van der Waals surface area contributed by atoms with Crippen LogP contribution in [0.15, 0.2) is 12.1 Å². The molecule has 1 aromatic heterocycles. The Morgan fingerprint density at radius 1 is 1.08 bits per heavy atom. The largest absolute Gasteiger partial charge is 0.394 e. The molecule has 0 unspecified atom stereocenters. The minimum atomic E-state index is -1.12. The number of aliphatic hydroxyl groups is 3. The van der Waals surface area contributed by atoms with Crippen LogP contribution in [0.25, 0.3) is 11.0 Å². The summed E-state index contributed by atoms with van der Waals surface area (Å²) in [5, 5.41) is 30.2. The van der Waals surface area contributed by atoms with Crippen molar-refractivity contribution < 1.29 is 20.1 Å². The standard InChI is InChI=1S/C19H27N3O4/c1-11-8-13-14(9-12(11)2)22(18-17(25)16(24)15(10-23)26-18)19(20-13)21-6-4-3-5-7-21/h8-9,15-18,23-25H,3-7,10H2,1-2H3/t15-,16-,17-,18-/m1/s1. The van der Waals surface area contributed by atoms with Crippen LogP contribution in [0, 0.1) is 13.8 Å². The zero-order valence-corrected chi connectivity index (χ0v) is 15.3. The summed E-state index contributed by atoms with van der Waals surface area (Å²) in [4.78, 5) is 7.07. The SMILES string of the molecule is Cc1cc2nc(N3CCCCC3)n([C@@H]3O[C@H](CO)[C@@H](O)[C@H]3O)c2cc1C. The zero-order chi connectivity index (χ0) is 18.4. The van der Waals surface area contributed by atoms with E-state index in [-0.39, 0.29) is 6.61 Å². The molecule has 26 heavy (non-hydrogen) atoms. The maximum atomic E-state index is 10.6. The number of aliphatic hydroxyl groups excluding tert-OH is 3. The Morgan fingerprint density at radius 2 is 1.77 bits per heavy atom. The Morgan fingerprint density at radius 3 is 2.42 bits per heavy atom. The molecular formula is C19H27N3O4. The van der Waals surface area contributed by atoms with Gasteiger partial charge in [-0.1, -0.05) is 0 Å². The average Bonchev–Trinajstić information content (AvgIpc) is 3.14. The summed E-state index contributed by atoms with van der Waals surface area (Å²) in [6.07, 6.45) is -0.380. The maximum Gasteiger partial charge on any atom is 0.208 e. The maximum absolute atomic E-state index is 10.6. The monoisotopic (exact) mass is 361 g/mol. The molecule has 0 saturated carbocycles. The van der Waals surface area contributed by atoms with Crippen molar-refractivity contribution in [1.29, 1.82) is 0 Å². The number of aromatic nitrogens is 2. The molecule has 2 aliphatic heterocycles. The van der Waals surface area contributed by atoms with E-state index in [0.717, 1.165) is 54.0 Å². The van der Waals surface area contributed by atoms with Gasteiger partial charge in [-0.25, -0.2) is 4.98 Å². The first-order valence-corrected chi connectivity index (χ1v) is 9.38. The Kier molecular flexibility index (Phi) is 4.64. The second kappa shape index (κ2) is 6.81. The second-order valence-corrected chi connectivity index (χ2v) is 7.48. The minimum absolute atomic E-state index is 0.335. The second-order valence-electron chi connectivity index (χ2n) is 7.48. The number of piperidine rings is 1. The van der Waals surface area contributed by atoms with Crippen molar-refractivity contribution >= 4 is 17.0 Å². The minimum Gasteiger partial charge on any atom is -0.394 e. The summed E-state index contributed by atoms with van der Waals surface area (Å²) in [5.41, 5.74) is 4.03. The Bertz CT molecular complexity index is 800. The number of rotatable bonds is 3. The summed E-state index contributed by atoms with van der Waals surface area (Å²) < 4.78 is 7.73. The number of nitrogens with zero attached hydrogens (tertiary/aromatic N) is 3. The number of fused-ring (bicyclic) bond motifs is 1. The quantitative estimate of drug-likeness (QED) is 0.762. The predicted molar refractivity (Wildman–Crippen MR) is 98.3 cm³/mol. The summed E-state index contributed by atoms with van der Waals surface area (Å²) in [5.74, 6) is 0.763. The van der Waals surface area contributed by atoms with Gasteiger partial charge in [0.15, 0.2) is 6.23 Å². The third kappa shape index (κ3) is 2.79. The van der Waals surface area contributed by atoms with E-state index in [1.54, 1.807) is 0 Å². The summed E-state index contributed by atoms with van der Waals surface area (Å²) in [6.45, 7) is 5.59. The van der Waals surface area contributed by atoms with Crippen LogP contribution < -0.4 is 4.90 Å². The van der Waals surface area contributed by atoms with Gasteiger partial charge in [0.2, 0.25) is 5.95 Å². The van der Waals surface area contributed by atoms with Crippen LogP contribution in [-0.2, 0) is 4.74 Å². The lowest BCUT2D eigenvalue weighted by Crippen LogP contribution is -2.35. The van der Waals surface area contributed by atoms with Gasteiger partial charge in [-0.3, -0.25) is 4.57 Å². The molecule has 2 aliphatic rings. The van der Waals surface area contributed by atoms with E-state index in [9.17, 15) is 15.3 Å². The molecule has 2 aromatic rings. The average molecular weight is 361 g/mol. The van der Waals surface area contributed by atoms with E-state index in [0.29, 0.717) is 0 Å². The zero-order valence-electron chi connectivity index (χ0n) is 15.3. The highest BCUT2D eigenvalue weighted by Gasteiger charge is 2.45. The van der Waals surface area contributed by atoms with Gasteiger partial charge >= 0.3 is 0 Å². The fourth-order valence-corrected chi connectivity index (χ4v) is 4.00. The molecule has 1 aromatic carbocycles. The molecule has 2 fully saturated rings. The molecule has 0 aliphatic carbocycles. The van der Waals surface area contributed by atoms with Crippen LogP contribution in [0.3, 0.4) is 0 Å². The van der Waals surface area contributed by atoms with Crippen molar-refractivity contribution in [3.05, 3.63) is 23.3 Å². The van der Waals surface area contributed by atoms with Gasteiger partial charge in [0, 0.05) is 13.1 Å². The molecule has 142 valence electrons. The van der Waals surface area contributed by atoms with E-state index in [1.165, 1.54) is 6.42 Å². The molecule has 0 amide bonds. The van der Waals surface area contributed by atoms with Gasteiger partial charge in [0.1, 0.15) is 18.3 Å². The highest BCUT2D eigenvalue weighted by Crippen LogP contribution is 2.37. The smallest absolute Gasteiger partial charge is 0.208 e. The Hall–Kier alpha value is -1.67. The van der Waals surface area contributed by atoms with Gasteiger partial charge in [0.05, 0.1) is 17.6 Å². The van der Waals surface area contributed by atoms with Crippen molar-refractivity contribution in [2.75, 3.05) is 24.6 Å². The highest BCUT2D eigenvalue weighted by molar-refractivity contribution is 5.81. The number of hydrogen-bond donors (Lipinski definition) is 3. The van der Waals surface area contributed by atoms with Crippen molar-refractivity contribution in [2.45, 2.75) is 57.6 Å². The number of ether oxygens (including phenoxy) is 1. The van der Waals surface area contributed by atoms with E-state index in [1.807, 2.05) is 11.5 Å². The molecule has 7 heteroatoms. The lowest BCUT2D eigenvalue weighted by molar-refractivity contribution is -0.0502. The lowest BCUT2D eigenvalue weighted by atomic mass is 10.1. The van der Waals surface area contributed by atoms with Gasteiger partial charge in [0.25, 0.3) is 0 Å². The van der Waals surface area contributed by atoms with E-state index in [4.69, 9.17) is 9.72 Å². The number of benzene rings is 1. The topological polar surface area (TPSA) is 91.0 Å². The molecule has 3 heterocycles. The van der Waals surface area contributed by atoms with Crippen molar-refractivity contribution in [3.63, 3.8) is 0 Å². The Labute approximate surface area is 152 Å². The van der Waals surface area contributed by atoms with Crippen LogP contribution in [0.5, 0.6) is 0 Å². The van der Waals surface area contributed by atoms with E-state index in [2.05, 4.69) is 24.0 Å². The molecule has 2 saturated heterocycles. The molecule has 4 rings (SSSR count).